The quantitative estimate of drug-likeness (QED) is 0.683. The Balaban J connectivity index is 1.34. The van der Waals surface area contributed by atoms with Gasteiger partial charge in [-0.2, -0.15) is 0 Å². The van der Waals surface area contributed by atoms with Crippen LogP contribution in [0.4, 0.5) is 14.5 Å². The van der Waals surface area contributed by atoms with Gasteiger partial charge in [-0.1, -0.05) is 6.07 Å². The molecule has 2 aromatic heterocycles. The molecule has 32 heavy (non-hydrogen) atoms. The standard InChI is InChI=1S/C24H20F2N4O2/c25-18-2-1-3-19(26)23(18)20-7-13(22-21(29-20)10-28-24(22)31)6-14-4-5-15(9-27-14)30-16-8-17(30)12-32-11-16/h1-5,7,9,16-17H,6,8,10-12H2,(H,28,31). The highest BCUT2D eigenvalue weighted by Crippen LogP contribution is 2.36. The molecule has 6 nitrogen and oxygen atoms in total. The number of aromatic nitrogens is 2. The van der Waals surface area contributed by atoms with E-state index in [1.807, 2.05) is 18.3 Å². The third-order valence-electron chi connectivity index (χ3n) is 6.47. The topological polar surface area (TPSA) is 67.4 Å². The number of carbonyl (C=O) groups is 1. The molecule has 0 radical (unpaired) electrons. The van der Waals surface area contributed by atoms with Gasteiger partial charge in [0.1, 0.15) is 11.6 Å². The zero-order valence-electron chi connectivity index (χ0n) is 17.1. The van der Waals surface area contributed by atoms with Crippen molar-refractivity contribution in [2.24, 2.45) is 0 Å². The second-order valence-corrected chi connectivity index (χ2v) is 8.44. The highest BCUT2D eigenvalue weighted by Gasteiger charge is 2.42. The number of halogens is 2. The van der Waals surface area contributed by atoms with Gasteiger partial charge in [0.15, 0.2) is 0 Å². The number of ether oxygens (including phenoxy) is 1. The second-order valence-electron chi connectivity index (χ2n) is 8.44. The van der Waals surface area contributed by atoms with Crippen molar-refractivity contribution in [2.75, 3.05) is 18.1 Å². The predicted octanol–water partition coefficient (Wildman–Crippen LogP) is 3.23. The molecule has 3 aliphatic heterocycles. The molecule has 0 saturated carbocycles. The van der Waals surface area contributed by atoms with Crippen molar-refractivity contribution in [1.82, 2.24) is 15.3 Å². The number of amides is 1. The molecule has 8 heteroatoms. The lowest BCUT2D eigenvalue weighted by Gasteiger charge is -2.53. The van der Waals surface area contributed by atoms with Gasteiger partial charge in [0.25, 0.3) is 5.91 Å². The summed E-state index contributed by atoms with van der Waals surface area (Å²) in [5.41, 5.74) is 3.42. The van der Waals surface area contributed by atoms with Crippen molar-refractivity contribution < 1.29 is 18.3 Å². The minimum Gasteiger partial charge on any atom is -0.377 e. The summed E-state index contributed by atoms with van der Waals surface area (Å²) in [6.45, 7) is 1.72. The van der Waals surface area contributed by atoms with E-state index in [-0.39, 0.29) is 23.7 Å². The van der Waals surface area contributed by atoms with Crippen molar-refractivity contribution >= 4 is 11.6 Å². The van der Waals surface area contributed by atoms with E-state index in [0.717, 1.165) is 31.0 Å². The fourth-order valence-electron chi connectivity index (χ4n) is 4.95. The maximum Gasteiger partial charge on any atom is 0.253 e. The summed E-state index contributed by atoms with van der Waals surface area (Å²) in [6.07, 6.45) is 3.35. The number of fused-ring (bicyclic) bond motifs is 3. The average Bonchev–Trinajstić information content (AvgIpc) is 3.16. The van der Waals surface area contributed by atoms with Crippen molar-refractivity contribution in [2.45, 2.75) is 31.5 Å². The number of nitrogens with zero attached hydrogens (tertiary/aromatic N) is 3. The highest BCUT2D eigenvalue weighted by atomic mass is 19.1. The minimum atomic E-state index is -0.688. The van der Waals surface area contributed by atoms with Gasteiger partial charge < -0.3 is 15.0 Å². The predicted molar refractivity (Wildman–Crippen MR) is 113 cm³/mol. The van der Waals surface area contributed by atoms with E-state index in [1.165, 1.54) is 18.2 Å². The molecule has 0 aliphatic carbocycles. The highest BCUT2D eigenvalue weighted by molar-refractivity contribution is 5.99. The van der Waals surface area contributed by atoms with E-state index in [0.29, 0.717) is 35.3 Å². The molecule has 0 spiro atoms. The summed E-state index contributed by atoms with van der Waals surface area (Å²) in [4.78, 5) is 23.8. The van der Waals surface area contributed by atoms with Crippen LogP contribution >= 0.6 is 0 Å². The Labute approximate surface area is 183 Å². The van der Waals surface area contributed by atoms with Crippen molar-refractivity contribution in [3.63, 3.8) is 0 Å². The van der Waals surface area contributed by atoms with Crippen LogP contribution in [-0.2, 0) is 17.7 Å². The number of pyridine rings is 2. The average molecular weight is 434 g/mol. The lowest BCUT2D eigenvalue weighted by molar-refractivity contribution is 0.0102. The third-order valence-corrected chi connectivity index (χ3v) is 6.47. The van der Waals surface area contributed by atoms with E-state index in [9.17, 15) is 13.6 Å². The normalized spacial score (nSPS) is 21.2. The molecule has 3 aromatic rings. The number of carbonyl (C=O) groups excluding carboxylic acids is 1. The van der Waals surface area contributed by atoms with Crippen molar-refractivity contribution in [3.05, 3.63) is 76.7 Å². The lowest BCUT2D eigenvalue weighted by Crippen LogP contribution is -2.64. The monoisotopic (exact) mass is 434 g/mol. The van der Waals surface area contributed by atoms with Crippen LogP contribution in [0.3, 0.4) is 0 Å². The number of hydrogen-bond acceptors (Lipinski definition) is 5. The van der Waals surface area contributed by atoms with E-state index >= 15 is 0 Å². The molecule has 1 N–H and O–H groups in total. The van der Waals surface area contributed by atoms with Crippen LogP contribution in [0.2, 0.25) is 0 Å². The van der Waals surface area contributed by atoms with Gasteiger partial charge in [0, 0.05) is 12.1 Å². The number of anilines is 1. The Hall–Kier alpha value is -3.39. The largest absolute Gasteiger partial charge is 0.377 e. The number of rotatable bonds is 4. The Kier molecular flexibility index (Phi) is 4.43. The van der Waals surface area contributed by atoms with Gasteiger partial charge in [0.2, 0.25) is 0 Å². The number of hydrogen-bond donors (Lipinski definition) is 1. The number of benzene rings is 1. The maximum atomic E-state index is 14.4. The molecular weight excluding hydrogens is 414 g/mol. The van der Waals surface area contributed by atoms with Crippen LogP contribution in [0.15, 0.2) is 42.6 Å². The van der Waals surface area contributed by atoms with Gasteiger partial charge in [-0.05, 0) is 42.3 Å². The number of nitrogens with one attached hydrogen (secondary N) is 1. The summed E-state index contributed by atoms with van der Waals surface area (Å²) in [5.74, 6) is -1.60. The first-order chi connectivity index (χ1) is 15.6. The zero-order chi connectivity index (χ0) is 21.8. The van der Waals surface area contributed by atoms with Crippen LogP contribution in [0.5, 0.6) is 0 Å². The van der Waals surface area contributed by atoms with Crippen LogP contribution in [0, 0.1) is 11.6 Å². The summed E-state index contributed by atoms with van der Waals surface area (Å²) in [7, 11) is 0. The molecule has 2 saturated heterocycles. The first-order valence-corrected chi connectivity index (χ1v) is 10.6. The molecular formula is C24H20F2N4O2. The van der Waals surface area contributed by atoms with Gasteiger partial charge in [0.05, 0.1) is 66.2 Å². The number of morpholine rings is 1. The van der Waals surface area contributed by atoms with Crippen molar-refractivity contribution in [3.8, 4) is 11.3 Å². The molecule has 2 fully saturated rings. The summed E-state index contributed by atoms with van der Waals surface area (Å²) in [6, 6.07) is 10.1. The molecule has 2 unspecified atom stereocenters. The van der Waals surface area contributed by atoms with Crippen LogP contribution in [-0.4, -0.2) is 41.2 Å². The Morgan fingerprint density at radius 2 is 1.88 bits per heavy atom. The van der Waals surface area contributed by atoms with Crippen molar-refractivity contribution in [1.29, 1.82) is 0 Å². The first kappa shape index (κ1) is 19.3. The van der Waals surface area contributed by atoms with Crippen LogP contribution in [0.1, 0.15) is 33.7 Å². The molecule has 2 atom stereocenters. The first-order valence-electron chi connectivity index (χ1n) is 10.6. The maximum absolute atomic E-state index is 14.4. The van der Waals surface area contributed by atoms with Gasteiger partial charge >= 0.3 is 0 Å². The van der Waals surface area contributed by atoms with Gasteiger partial charge in [-0.25, -0.2) is 13.8 Å². The molecule has 2 bridgehead atoms. The molecule has 1 amide bonds. The second kappa shape index (κ2) is 7.34. The Morgan fingerprint density at radius 3 is 2.56 bits per heavy atom. The van der Waals surface area contributed by atoms with Gasteiger partial charge in [-0.15, -0.1) is 0 Å². The molecule has 162 valence electrons. The zero-order valence-corrected chi connectivity index (χ0v) is 17.1. The minimum absolute atomic E-state index is 0.177. The molecule has 5 heterocycles. The van der Waals surface area contributed by atoms with E-state index < -0.39 is 11.6 Å². The Morgan fingerprint density at radius 1 is 1.09 bits per heavy atom. The smallest absolute Gasteiger partial charge is 0.253 e. The molecule has 1 aromatic carbocycles. The van der Waals surface area contributed by atoms with Crippen LogP contribution in [0.25, 0.3) is 11.3 Å². The van der Waals surface area contributed by atoms with Gasteiger partial charge in [-0.3, -0.25) is 9.78 Å². The van der Waals surface area contributed by atoms with E-state index in [2.05, 4.69) is 20.2 Å². The van der Waals surface area contributed by atoms with E-state index in [4.69, 9.17) is 4.74 Å². The molecule has 6 rings (SSSR count). The fourth-order valence-corrected chi connectivity index (χ4v) is 4.95. The summed E-state index contributed by atoms with van der Waals surface area (Å²) >= 11 is 0. The lowest BCUT2D eigenvalue weighted by atomic mass is 9.90. The summed E-state index contributed by atoms with van der Waals surface area (Å²) < 4.78 is 34.3. The SMILES string of the molecule is O=C1NCc2nc(-c3c(F)cccc3F)cc(Cc3ccc(N4C5COCC4C5)cn3)c21. The summed E-state index contributed by atoms with van der Waals surface area (Å²) in [5, 5.41) is 2.75. The molecule has 3 aliphatic rings. The Bertz CT molecular complexity index is 1200. The fraction of sp³-hybridized carbons (Fsp3) is 0.292. The third kappa shape index (κ3) is 3.05. The van der Waals surface area contributed by atoms with Crippen LogP contribution < -0.4 is 10.2 Å². The van der Waals surface area contributed by atoms with E-state index in [1.54, 1.807) is 6.07 Å².